The Kier molecular flexibility index (Phi) is 2.72. The molecule has 6 heteroatoms. The van der Waals surface area contributed by atoms with Crippen LogP contribution in [0.4, 0.5) is 0 Å². The third-order valence-corrected chi connectivity index (χ3v) is 2.31. The van der Waals surface area contributed by atoms with E-state index in [9.17, 15) is 4.79 Å². The number of carbonyl (C=O) groups is 1. The van der Waals surface area contributed by atoms with Gasteiger partial charge in [-0.25, -0.2) is 0 Å². The molecule has 5 nitrogen and oxygen atoms in total. The van der Waals surface area contributed by atoms with Gasteiger partial charge in [0.05, 0.1) is 10.6 Å². The largest absolute Gasteiger partial charge is 0.480 e. The van der Waals surface area contributed by atoms with Gasteiger partial charge in [-0.1, -0.05) is 4.49 Å². The molecule has 0 spiro atoms. The lowest BCUT2D eigenvalue weighted by atomic mass is 10.2. The van der Waals surface area contributed by atoms with Crippen LogP contribution in [0.3, 0.4) is 0 Å². The Morgan fingerprint density at radius 1 is 1.83 bits per heavy atom. The van der Waals surface area contributed by atoms with Crippen LogP contribution in [0, 0.1) is 6.92 Å². The fourth-order valence-corrected chi connectivity index (χ4v) is 1.41. The summed E-state index contributed by atoms with van der Waals surface area (Å²) in [5, 5.41) is 12.3. The summed E-state index contributed by atoms with van der Waals surface area (Å²) < 4.78 is 3.68. The van der Waals surface area contributed by atoms with Crippen molar-refractivity contribution < 1.29 is 9.90 Å². The van der Waals surface area contributed by atoms with Gasteiger partial charge in [0, 0.05) is 6.42 Å². The standard InChI is InChI=1S/C6H9N3O2S/c1-3-5(12-9-8-3)2-4(7)6(10)11/h4H,2,7H2,1H3,(H,10,11)/t4-/m1/s1. The van der Waals surface area contributed by atoms with Gasteiger partial charge in [-0.15, -0.1) is 5.10 Å². The van der Waals surface area contributed by atoms with E-state index in [1.54, 1.807) is 6.92 Å². The molecule has 0 saturated heterocycles. The minimum atomic E-state index is -0.997. The van der Waals surface area contributed by atoms with Gasteiger partial charge >= 0.3 is 5.97 Å². The van der Waals surface area contributed by atoms with E-state index in [0.29, 0.717) is 6.42 Å². The molecule has 0 aliphatic heterocycles. The molecule has 0 amide bonds. The molecule has 0 fully saturated rings. The summed E-state index contributed by atoms with van der Waals surface area (Å²) in [6, 6.07) is -0.856. The number of aromatic nitrogens is 2. The van der Waals surface area contributed by atoms with E-state index >= 15 is 0 Å². The smallest absolute Gasteiger partial charge is 0.320 e. The molecule has 0 bridgehead atoms. The molecule has 3 N–H and O–H groups in total. The van der Waals surface area contributed by atoms with Gasteiger partial charge in [0.25, 0.3) is 0 Å². The number of carboxylic acid groups (broad SMARTS) is 1. The Hall–Kier alpha value is -1.01. The molecule has 1 rings (SSSR count). The summed E-state index contributed by atoms with van der Waals surface area (Å²) in [4.78, 5) is 11.2. The molecule has 1 aromatic rings. The van der Waals surface area contributed by atoms with Gasteiger partial charge in [0.15, 0.2) is 0 Å². The summed E-state index contributed by atoms with van der Waals surface area (Å²) in [6.45, 7) is 1.79. The van der Waals surface area contributed by atoms with E-state index < -0.39 is 12.0 Å². The zero-order valence-electron chi connectivity index (χ0n) is 6.52. The van der Waals surface area contributed by atoms with E-state index in [2.05, 4.69) is 9.59 Å². The van der Waals surface area contributed by atoms with Crippen LogP contribution in [0.5, 0.6) is 0 Å². The molecule has 1 aromatic heterocycles. The van der Waals surface area contributed by atoms with E-state index in [4.69, 9.17) is 10.8 Å². The molecule has 0 aliphatic rings. The molecule has 0 radical (unpaired) electrons. The molecule has 0 saturated carbocycles. The Labute approximate surface area is 73.4 Å². The number of rotatable bonds is 3. The normalized spacial score (nSPS) is 12.8. The molecular formula is C6H9N3O2S. The lowest BCUT2D eigenvalue weighted by molar-refractivity contribution is -0.138. The first-order valence-corrected chi connectivity index (χ1v) is 4.15. The van der Waals surface area contributed by atoms with Crippen LogP contribution >= 0.6 is 11.5 Å². The van der Waals surface area contributed by atoms with Gasteiger partial charge in [0.1, 0.15) is 6.04 Å². The van der Waals surface area contributed by atoms with Crippen molar-refractivity contribution in [3.63, 3.8) is 0 Å². The molecule has 0 aromatic carbocycles. The molecule has 1 atom stereocenters. The third kappa shape index (κ3) is 1.99. The lowest BCUT2D eigenvalue weighted by Crippen LogP contribution is -2.32. The van der Waals surface area contributed by atoms with E-state index in [0.717, 1.165) is 10.6 Å². The average Bonchev–Trinajstić information content (AvgIpc) is 2.36. The number of aryl methyl sites for hydroxylation is 1. The average molecular weight is 187 g/mol. The van der Waals surface area contributed by atoms with Gasteiger partial charge in [-0.2, -0.15) is 0 Å². The van der Waals surface area contributed by atoms with Crippen LogP contribution in [0.1, 0.15) is 10.6 Å². The number of aliphatic carboxylic acids is 1. The Morgan fingerprint density at radius 2 is 2.50 bits per heavy atom. The van der Waals surface area contributed by atoms with Gasteiger partial charge < -0.3 is 10.8 Å². The first-order valence-electron chi connectivity index (χ1n) is 3.37. The molecule has 12 heavy (non-hydrogen) atoms. The maximum Gasteiger partial charge on any atom is 0.320 e. The molecule has 66 valence electrons. The number of nitrogens with zero attached hydrogens (tertiary/aromatic N) is 2. The third-order valence-electron chi connectivity index (χ3n) is 1.47. The van der Waals surface area contributed by atoms with E-state index in [1.165, 1.54) is 11.5 Å². The highest BCUT2D eigenvalue weighted by atomic mass is 32.1. The fourth-order valence-electron chi connectivity index (χ4n) is 0.725. The monoisotopic (exact) mass is 187 g/mol. The zero-order chi connectivity index (χ0) is 9.14. The molecule has 1 heterocycles. The van der Waals surface area contributed by atoms with Crippen LogP contribution in [0.25, 0.3) is 0 Å². The van der Waals surface area contributed by atoms with Crippen molar-refractivity contribution in [3.8, 4) is 0 Å². The lowest BCUT2D eigenvalue weighted by Gasteiger charge is -2.02. The minimum absolute atomic E-state index is 0.304. The van der Waals surface area contributed by atoms with Crippen molar-refractivity contribution in [2.24, 2.45) is 5.73 Å². The highest BCUT2D eigenvalue weighted by Gasteiger charge is 2.15. The second kappa shape index (κ2) is 3.59. The minimum Gasteiger partial charge on any atom is -0.480 e. The first kappa shape index (κ1) is 9.08. The highest BCUT2D eigenvalue weighted by Crippen LogP contribution is 2.10. The zero-order valence-corrected chi connectivity index (χ0v) is 7.34. The Bertz CT molecular complexity index is 286. The van der Waals surface area contributed by atoms with Crippen molar-refractivity contribution in [1.82, 2.24) is 9.59 Å². The SMILES string of the molecule is Cc1nnsc1C[C@@H](N)C(=O)O. The van der Waals surface area contributed by atoms with Crippen molar-refractivity contribution in [2.75, 3.05) is 0 Å². The summed E-state index contributed by atoms with van der Waals surface area (Å²) in [6.07, 6.45) is 0.304. The summed E-state index contributed by atoms with van der Waals surface area (Å²) in [7, 11) is 0. The van der Waals surface area contributed by atoms with Crippen molar-refractivity contribution in [3.05, 3.63) is 10.6 Å². The Morgan fingerprint density at radius 3 is 2.92 bits per heavy atom. The van der Waals surface area contributed by atoms with Gasteiger partial charge in [0.2, 0.25) is 0 Å². The number of nitrogens with two attached hydrogens (primary N) is 1. The topological polar surface area (TPSA) is 89.1 Å². The number of carboxylic acids is 1. The first-order chi connectivity index (χ1) is 5.61. The van der Waals surface area contributed by atoms with Crippen LogP contribution < -0.4 is 5.73 Å². The maximum atomic E-state index is 10.4. The second-order valence-electron chi connectivity index (χ2n) is 2.43. The summed E-state index contributed by atoms with van der Waals surface area (Å²) >= 11 is 1.19. The number of hydrogen-bond acceptors (Lipinski definition) is 5. The predicted octanol–water partition coefficient (Wildman–Crippen LogP) is -0.199. The van der Waals surface area contributed by atoms with E-state index in [-0.39, 0.29) is 0 Å². The second-order valence-corrected chi connectivity index (χ2v) is 3.27. The maximum absolute atomic E-state index is 10.4. The van der Waals surface area contributed by atoms with Crippen molar-refractivity contribution in [1.29, 1.82) is 0 Å². The van der Waals surface area contributed by atoms with Crippen molar-refractivity contribution in [2.45, 2.75) is 19.4 Å². The highest BCUT2D eigenvalue weighted by molar-refractivity contribution is 7.05. The van der Waals surface area contributed by atoms with Gasteiger partial charge in [-0.3, -0.25) is 4.79 Å². The summed E-state index contributed by atoms with van der Waals surface area (Å²) in [5.41, 5.74) is 6.09. The van der Waals surface area contributed by atoms with Crippen molar-refractivity contribution >= 4 is 17.5 Å². The van der Waals surface area contributed by atoms with Crippen LogP contribution in [0.15, 0.2) is 0 Å². The van der Waals surface area contributed by atoms with Crippen LogP contribution in [-0.2, 0) is 11.2 Å². The van der Waals surface area contributed by atoms with Crippen LogP contribution in [0.2, 0.25) is 0 Å². The molecule has 0 aliphatic carbocycles. The molecular weight excluding hydrogens is 178 g/mol. The predicted molar refractivity (Wildman–Crippen MR) is 44.0 cm³/mol. The van der Waals surface area contributed by atoms with Gasteiger partial charge in [-0.05, 0) is 18.5 Å². The Balaban J connectivity index is 2.64. The van der Waals surface area contributed by atoms with Crippen LogP contribution in [-0.4, -0.2) is 26.7 Å². The van der Waals surface area contributed by atoms with E-state index in [1.807, 2.05) is 0 Å². The quantitative estimate of drug-likeness (QED) is 0.684. The fraction of sp³-hybridized carbons (Fsp3) is 0.500. The summed E-state index contributed by atoms with van der Waals surface area (Å²) in [5.74, 6) is -0.997. The number of hydrogen-bond donors (Lipinski definition) is 2. The molecule has 0 unspecified atom stereocenters.